The predicted molar refractivity (Wildman–Crippen MR) is 142 cm³/mol. The van der Waals surface area contributed by atoms with E-state index in [0.29, 0.717) is 96.5 Å². The number of ether oxygens (including phenoxy) is 9. The molecule has 0 fully saturated rings. The molecule has 2 heterocycles. The van der Waals surface area contributed by atoms with Crippen LogP contribution in [-0.2, 0) is 23.7 Å². The van der Waals surface area contributed by atoms with Crippen LogP contribution in [0.3, 0.4) is 0 Å². The summed E-state index contributed by atoms with van der Waals surface area (Å²) >= 11 is 3.01. The molecule has 0 radical (unpaired) electrons. The molecule has 12 heteroatoms. The molecule has 0 aromatic carbocycles. The molecule has 1 N–H and O–H groups in total. The Morgan fingerprint density at radius 1 is 0.459 bits per heavy atom. The van der Waals surface area contributed by atoms with Crippen molar-refractivity contribution in [2.24, 2.45) is 0 Å². The molecule has 0 aliphatic carbocycles. The first-order chi connectivity index (χ1) is 18.3. The second kappa shape index (κ2) is 22.4. The number of aliphatic hydroxyl groups excluding tert-OH is 1. The van der Waals surface area contributed by atoms with Crippen molar-refractivity contribution in [3.05, 3.63) is 21.5 Å². The van der Waals surface area contributed by atoms with Gasteiger partial charge in [-0.05, 0) is 6.42 Å². The topological polar surface area (TPSA) is 103 Å². The Labute approximate surface area is 227 Å². The van der Waals surface area contributed by atoms with Crippen LogP contribution in [-0.4, -0.2) is 104 Å². The summed E-state index contributed by atoms with van der Waals surface area (Å²) < 4.78 is 49.9. The van der Waals surface area contributed by atoms with Crippen LogP contribution in [0.5, 0.6) is 23.0 Å². The van der Waals surface area contributed by atoms with E-state index in [9.17, 15) is 0 Å². The van der Waals surface area contributed by atoms with E-state index < -0.39 is 0 Å². The molecule has 2 rings (SSSR count). The van der Waals surface area contributed by atoms with Gasteiger partial charge in [0, 0.05) is 28.1 Å². The summed E-state index contributed by atoms with van der Waals surface area (Å²) in [6.07, 6.45) is 1.01. The maximum absolute atomic E-state index is 8.83. The molecule has 37 heavy (non-hydrogen) atoms. The molecular formula is C25H40O10S2. The van der Waals surface area contributed by atoms with E-state index in [0.717, 1.165) is 18.8 Å². The normalized spacial score (nSPS) is 11.1. The summed E-state index contributed by atoms with van der Waals surface area (Å²) in [6.45, 7) is 8.86. The highest BCUT2D eigenvalue weighted by Crippen LogP contribution is 2.32. The van der Waals surface area contributed by atoms with E-state index in [1.807, 2.05) is 21.5 Å². The molecule has 0 saturated heterocycles. The second-order valence-corrected chi connectivity index (χ2v) is 8.87. The molecule has 212 valence electrons. The zero-order valence-electron chi connectivity index (χ0n) is 21.6. The molecule has 10 nitrogen and oxygen atoms in total. The first-order valence-corrected chi connectivity index (χ1v) is 14.4. The number of rotatable bonds is 26. The number of aliphatic hydroxyl groups is 1. The lowest BCUT2D eigenvalue weighted by Gasteiger charge is -2.10. The van der Waals surface area contributed by atoms with E-state index in [1.165, 1.54) is 22.7 Å². The summed E-state index contributed by atoms with van der Waals surface area (Å²) in [5.74, 6) is 2.73. The average molecular weight is 565 g/mol. The Morgan fingerprint density at radius 3 is 1.08 bits per heavy atom. The van der Waals surface area contributed by atoms with Crippen molar-refractivity contribution < 1.29 is 47.7 Å². The molecule has 0 saturated carbocycles. The lowest BCUT2D eigenvalue weighted by atomic mass is 10.5. The third kappa shape index (κ3) is 15.4. The molecule has 0 atom stereocenters. The van der Waals surface area contributed by atoms with Crippen molar-refractivity contribution in [1.82, 2.24) is 0 Å². The fraction of sp³-hybridized carbons (Fsp3) is 0.680. The van der Waals surface area contributed by atoms with Crippen LogP contribution in [0.1, 0.15) is 13.3 Å². The Morgan fingerprint density at radius 2 is 0.757 bits per heavy atom. The zero-order valence-corrected chi connectivity index (χ0v) is 23.2. The van der Waals surface area contributed by atoms with Gasteiger partial charge in [-0.25, -0.2) is 0 Å². The maximum atomic E-state index is 8.83. The first-order valence-electron chi connectivity index (χ1n) is 12.5. The van der Waals surface area contributed by atoms with E-state index in [4.69, 9.17) is 47.7 Å². The number of thiophene rings is 2. The standard InChI is InChI=1S/C25H40O10S2/c1-2-4-27-6-7-29-12-16-34-24-20-37-21-25(24)35-17-14-31-11-9-28-8-10-30-13-15-33-23-19-36-18-22(23)32-5-3-26/h18-21,26H,2-17H2,1H3. The fourth-order valence-electron chi connectivity index (χ4n) is 2.76. The Kier molecular flexibility index (Phi) is 19.1. The molecular weight excluding hydrogens is 524 g/mol. The Bertz CT molecular complexity index is 770. The SMILES string of the molecule is CCCOCCOCCOc1cscc1OCCOCCOCCOCCOc1cscc1OCCO. The lowest BCUT2D eigenvalue weighted by molar-refractivity contribution is 0.00469. The zero-order chi connectivity index (χ0) is 26.2. The molecule has 0 unspecified atom stereocenters. The second-order valence-electron chi connectivity index (χ2n) is 7.38. The van der Waals surface area contributed by atoms with Gasteiger partial charge in [-0.1, -0.05) is 6.92 Å². The van der Waals surface area contributed by atoms with Crippen molar-refractivity contribution in [1.29, 1.82) is 0 Å². The molecule has 0 aliphatic rings. The Balaban J connectivity index is 1.36. The van der Waals surface area contributed by atoms with Crippen LogP contribution in [0.2, 0.25) is 0 Å². The van der Waals surface area contributed by atoms with Gasteiger partial charge in [-0.15, -0.1) is 22.7 Å². The average Bonchev–Trinajstić information content (AvgIpc) is 3.56. The summed E-state index contributed by atoms with van der Waals surface area (Å²) in [5.41, 5.74) is 0. The largest absolute Gasteiger partial charge is 0.486 e. The molecule has 0 amide bonds. The van der Waals surface area contributed by atoms with E-state index in [-0.39, 0.29) is 13.2 Å². The fourth-order valence-corrected chi connectivity index (χ4v) is 4.13. The summed E-state index contributed by atoms with van der Waals surface area (Å²) in [5, 5.41) is 16.4. The van der Waals surface area contributed by atoms with Gasteiger partial charge in [0.05, 0.1) is 66.1 Å². The number of hydrogen-bond acceptors (Lipinski definition) is 12. The van der Waals surface area contributed by atoms with E-state index >= 15 is 0 Å². The smallest absolute Gasteiger partial charge is 0.171 e. The van der Waals surface area contributed by atoms with Crippen molar-refractivity contribution in [3.63, 3.8) is 0 Å². The van der Waals surface area contributed by atoms with Crippen molar-refractivity contribution in [2.75, 3.05) is 99.1 Å². The van der Waals surface area contributed by atoms with Crippen LogP contribution >= 0.6 is 22.7 Å². The van der Waals surface area contributed by atoms with Crippen LogP contribution < -0.4 is 18.9 Å². The molecule has 2 aromatic rings. The number of hydrogen-bond donors (Lipinski definition) is 1. The minimum absolute atomic E-state index is 0.0320. The van der Waals surface area contributed by atoms with Gasteiger partial charge in [0.15, 0.2) is 23.0 Å². The summed E-state index contributed by atoms with van der Waals surface area (Å²) in [4.78, 5) is 0. The predicted octanol–water partition coefficient (Wildman–Crippen LogP) is 3.51. The summed E-state index contributed by atoms with van der Waals surface area (Å²) in [6, 6.07) is 0. The highest BCUT2D eigenvalue weighted by atomic mass is 32.1. The first kappa shape index (κ1) is 31.6. The van der Waals surface area contributed by atoms with Crippen LogP contribution in [0.15, 0.2) is 21.5 Å². The molecule has 0 bridgehead atoms. The van der Waals surface area contributed by atoms with Crippen LogP contribution in [0, 0.1) is 0 Å². The van der Waals surface area contributed by atoms with E-state index in [1.54, 1.807) is 0 Å². The third-order valence-electron chi connectivity index (χ3n) is 4.46. The minimum Gasteiger partial charge on any atom is -0.486 e. The van der Waals surface area contributed by atoms with Crippen molar-refractivity contribution >= 4 is 22.7 Å². The van der Waals surface area contributed by atoms with Gasteiger partial charge in [0.2, 0.25) is 0 Å². The van der Waals surface area contributed by atoms with Crippen LogP contribution in [0.25, 0.3) is 0 Å². The Hall–Kier alpha value is -1.64. The summed E-state index contributed by atoms with van der Waals surface area (Å²) in [7, 11) is 0. The molecule has 2 aromatic heterocycles. The quantitative estimate of drug-likeness (QED) is 0.171. The highest BCUT2D eigenvalue weighted by molar-refractivity contribution is 7.08. The van der Waals surface area contributed by atoms with E-state index in [2.05, 4.69) is 6.92 Å². The van der Waals surface area contributed by atoms with Gasteiger partial charge < -0.3 is 47.7 Å². The van der Waals surface area contributed by atoms with Crippen molar-refractivity contribution in [3.8, 4) is 23.0 Å². The maximum Gasteiger partial charge on any atom is 0.171 e. The molecule has 0 spiro atoms. The van der Waals surface area contributed by atoms with Crippen molar-refractivity contribution in [2.45, 2.75) is 13.3 Å². The van der Waals surface area contributed by atoms with Crippen LogP contribution in [0.4, 0.5) is 0 Å². The molecule has 0 aliphatic heterocycles. The van der Waals surface area contributed by atoms with Gasteiger partial charge >= 0.3 is 0 Å². The monoisotopic (exact) mass is 564 g/mol. The highest BCUT2D eigenvalue weighted by Gasteiger charge is 2.07. The van der Waals surface area contributed by atoms with Gasteiger partial charge in [0.25, 0.3) is 0 Å². The van der Waals surface area contributed by atoms with Gasteiger partial charge in [0.1, 0.15) is 26.4 Å². The minimum atomic E-state index is -0.0320. The lowest BCUT2D eigenvalue weighted by Crippen LogP contribution is -2.14. The third-order valence-corrected chi connectivity index (χ3v) is 5.86. The van der Waals surface area contributed by atoms with Gasteiger partial charge in [-0.3, -0.25) is 0 Å². The van der Waals surface area contributed by atoms with Gasteiger partial charge in [-0.2, -0.15) is 0 Å².